The molecule has 0 fully saturated rings. The van der Waals surface area contributed by atoms with Crippen molar-refractivity contribution in [3.05, 3.63) is 48.5 Å². The van der Waals surface area contributed by atoms with Crippen molar-refractivity contribution in [2.24, 2.45) is 0 Å². The molecule has 0 aliphatic heterocycles. The number of anilines is 2. The maximum absolute atomic E-state index is 8.95. The lowest BCUT2D eigenvalue weighted by Crippen LogP contribution is -2.09. The Hall–Kier alpha value is -2.51. The molecule has 0 saturated heterocycles. The fraction of sp³-hybridized carbons (Fsp3) is 0.316. The maximum Gasteiger partial charge on any atom is 0.451 e. The molecular weight excluding hydrogens is 329 g/mol. The van der Waals surface area contributed by atoms with Crippen molar-refractivity contribution in [3.63, 3.8) is 0 Å². The summed E-state index contributed by atoms with van der Waals surface area (Å²) in [4.78, 5) is 4.72. The van der Waals surface area contributed by atoms with Crippen LogP contribution in [-0.4, -0.2) is 33.8 Å². The molecular formula is C19H24BN3O3. The molecule has 0 unspecified atom stereocenters. The van der Waals surface area contributed by atoms with Crippen LogP contribution in [0.3, 0.4) is 0 Å². The van der Waals surface area contributed by atoms with Gasteiger partial charge in [0.2, 0.25) is 5.95 Å². The van der Waals surface area contributed by atoms with Gasteiger partial charge in [-0.1, -0.05) is 31.0 Å². The van der Waals surface area contributed by atoms with Crippen molar-refractivity contribution >= 4 is 29.8 Å². The van der Waals surface area contributed by atoms with E-state index in [0.717, 1.165) is 54.2 Å². The van der Waals surface area contributed by atoms with Gasteiger partial charge in [-0.05, 0) is 37.0 Å². The highest BCUT2D eigenvalue weighted by Gasteiger charge is 2.11. The largest absolute Gasteiger partial charge is 0.497 e. The molecule has 0 aliphatic rings. The number of aromatic nitrogens is 2. The van der Waals surface area contributed by atoms with Crippen LogP contribution in [0.2, 0.25) is 6.32 Å². The van der Waals surface area contributed by atoms with Crippen LogP contribution >= 0.6 is 0 Å². The summed E-state index contributed by atoms with van der Waals surface area (Å²) in [6.45, 7) is 0.814. The SMILES string of the molecule is COc1cccc(Nc2nc3ccccc3n2CCCCCB(O)O)c1. The van der Waals surface area contributed by atoms with E-state index in [-0.39, 0.29) is 0 Å². The van der Waals surface area contributed by atoms with E-state index < -0.39 is 7.12 Å². The number of hydrogen-bond donors (Lipinski definition) is 3. The summed E-state index contributed by atoms with van der Waals surface area (Å²) in [5.74, 6) is 1.59. The van der Waals surface area contributed by atoms with E-state index >= 15 is 0 Å². The monoisotopic (exact) mass is 353 g/mol. The Morgan fingerprint density at radius 3 is 2.73 bits per heavy atom. The summed E-state index contributed by atoms with van der Waals surface area (Å²) in [6, 6.07) is 15.8. The van der Waals surface area contributed by atoms with Gasteiger partial charge in [-0.25, -0.2) is 4.98 Å². The molecule has 0 amide bonds. The van der Waals surface area contributed by atoms with E-state index in [2.05, 4.69) is 16.0 Å². The molecule has 3 rings (SSSR count). The number of para-hydroxylation sites is 2. The number of imidazole rings is 1. The summed E-state index contributed by atoms with van der Waals surface area (Å²) in [6.07, 6.45) is 3.09. The second kappa shape index (κ2) is 8.73. The molecule has 3 N–H and O–H groups in total. The smallest absolute Gasteiger partial charge is 0.451 e. The van der Waals surface area contributed by atoms with Gasteiger partial charge in [-0.2, -0.15) is 0 Å². The first-order valence-electron chi connectivity index (χ1n) is 8.90. The second-order valence-corrected chi connectivity index (χ2v) is 6.26. The molecule has 26 heavy (non-hydrogen) atoms. The first kappa shape index (κ1) is 18.3. The van der Waals surface area contributed by atoms with E-state index in [1.165, 1.54) is 0 Å². The van der Waals surface area contributed by atoms with Crippen LogP contribution in [0.4, 0.5) is 11.6 Å². The van der Waals surface area contributed by atoms with Gasteiger partial charge in [0.15, 0.2) is 0 Å². The number of ether oxygens (including phenoxy) is 1. The standard InChI is InChI=1S/C19H24BN3O3/c1-26-16-9-7-8-15(14-16)21-19-22-17-10-3-4-11-18(17)23(19)13-6-2-5-12-20(24)25/h3-4,7-11,14,24-25H,2,5-6,12-13H2,1H3,(H,21,22). The van der Waals surface area contributed by atoms with E-state index in [4.69, 9.17) is 19.8 Å². The summed E-state index contributed by atoms with van der Waals surface area (Å²) in [5.41, 5.74) is 2.95. The zero-order valence-corrected chi connectivity index (χ0v) is 14.9. The fourth-order valence-corrected chi connectivity index (χ4v) is 3.00. The Morgan fingerprint density at radius 1 is 1.08 bits per heavy atom. The molecule has 1 aromatic heterocycles. The van der Waals surface area contributed by atoms with Crippen LogP contribution in [0, 0.1) is 0 Å². The minimum absolute atomic E-state index is 0.416. The van der Waals surface area contributed by atoms with Crippen LogP contribution in [0.25, 0.3) is 11.0 Å². The number of aryl methyl sites for hydroxylation is 1. The summed E-state index contributed by atoms with van der Waals surface area (Å²) < 4.78 is 7.46. The van der Waals surface area contributed by atoms with E-state index in [9.17, 15) is 0 Å². The molecule has 0 spiro atoms. The number of unbranched alkanes of at least 4 members (excludes halogenated alkanes) is 2. The predicted molar refractivity (Wildman–Crippen MR) is 105 cm³/mol. The van der Waals surface area contributed by atoms with Gasteiger partial charge in [0.05, 0.1) is 18.1 Å². The van der Waals surface area contributed by atoms with Crippen molar-refractivity contribution in [2.75, 3.05) is 12.4 Å². The van der Waals surface area contributed by atoms with Crippen LogP contribution in [0.15, 0.2) is 48.5 Å². The van der Waals surface area contributed by atoms with Crippen LogP contribution in [0.1, 0.15) is 19.3 Å². The summed E-state index contributed by atoms with van der Waals surface area (Å²) >= 11 is 0. The van der Waals surface area contributed by atoms with Crippen LogP contribution < -0.4 is 10.1 Å². The van der Waals surface area contributed by atoms with E-state index in [0.29, 0.717) is 6.32 Å². The lowest BCUT2D eigenvalue weighted by atomic mass is 9.83. The number of rotatable bonds is 9. The number of fused-ring (bicyclic) bond motifs is 1. The van der Waals surface area contributed by atoms with Crippen molar-refractivity contribution in [3.8, 4) is 5.75 Å². The van der Waals surface area contributed by atoms with Crippen LogP contribution in [0.5, 0.6) is 5.75 Å². The van der Waals surface area contributed by atoms with Crippen molar-refractivity contribution < 1.29 is 14.8 Å². The van der Waals surface area contributed by atoms with Gasteiger partial charge >= 0.3 is 7.12 Å². The third-order valence-electron chi connectivity index (χ3n) is 4.32. The number of hydrogen-bond acceptors (Lipinski definition) is 5. The lowest BCUT2D eigenvalue weighted by Gasteiger charge is -2.11. The first-order chi connectivity index (χ1) is 12.7. The van der Waals surface area contributed by atoms with Crippen molar-refractivity contribution in [1.82, 2.24) is 9.55 Å². The highest BCUT2D eigenvalue weighted by Crippen LogP contribution is 2.25. The Bertz CT molecular complexity index is 851. The summed E-state index contributed by atoms with van der Waals surface area (Å²) in [5, 5.41) is 21.3. The highest BCUT2D eigenvalue weighted by atomic mass is 16.5. The highest BCUT2D eigenvalue weighted by molar-refractivity contribution is 6.40. The zero-order chi connectivity index (χ0) is 18.4. The third kappa shape index (κ3) is 4.56. The minimum Gasteiger partial charge on any atom is -0.497 e. The Balaban J connectivity index is 1.77. The molecule has 0 bridgehead atoms. The number of methoxy groups -OCH3 is 1. The van der Waals surface area contributed by atoms with Gasteiger partial charge in [-0.15, -0.1) is 0 Å². The van der Waals surface area contributed by atoms with Gasteiger partial charge in [0.1, 0.15) is 5.75 Å². The molecule has 0 saturated carbocycles. The molecule has 136 valence electrons. The topological polar surface area (TPSA) is 79.5 Å². The van der Waals surface area contributed by atoms with Gasteiger partial charge in [0, 0.05) is 18.3 Å². The summed E-state index contributed by atoms with van der Waals surface area (Å²) in [7, 11) is 0.437. The molecule has 0 aliphatic carbocycles. The number of nitrogens with one attached hydrogen (secondary N) is 1. The first-order valence-corrected chi connectivity index (χ1v) is 8.90. The molecule has 3 aromatic rings. The molecule has 1 heterocycles. The maximum atomic E-state index is 8.95. The van der Waals surface area contributed by atoms with E-state index in [1.807, 2.05) is 42.5 Å². The molecule has 7 heteroatoms. The molecule has 0 atom stereocenters. The van der Waals surface area contributed by atoms with Gasteiger partial charge in [0.25, 0.3) is 0 Å². The lowest BCUT2D eigenvalue weighted by molar-refractivity contribution is 0.401. The number of benzene rings is 2. The van der Waals surface area contributed by atoms with Crippen molar-refractivity contribution in [2.45, 2.75) is 32.1 Å². The Morgan fingerprint density at radius 2 is 1.92 bits per heavy atom. The average Bonchev–Trinajstić information content (AvgIpc) is 2.98. The third-order valence-corrected chi connectivity index (χ3v) is 4.32. The molecule has 0 radical (unpaired) electrons. The quantitative estimate of drug-likeness (QED) is 0.406. The number of nitrogens with zero attached hydrogens (tertiary/aromatic N) is 2. The molecule has 6 nitrogen and oxygen atoms in total. The fourth-order valence-electron chi connectivity index (χ4n) is 3.00. The van der Waals surface area contributed by atoms with E-state index in [1.54, 1.807) is 7.11 Å². The van der Waals surface area contributed by atoms with Gasteiger partial charge in [-0.3, -0.25) is 0 Å². The second-order valence-electron chi connectivity index (χ2n) is 6.26. The normalized spacial score (nSPS) is 10.9. The Labute approximate surface area is 153 Å². The zero-order valence-electron chi connectivity index (χ0n) is 14.9. The minimum atomic E-state index is -1.21. The predicted octanol–water partition coefficient (Wildman–Crippen LogP) is 3.43. The Kier molecular flexibility index (Phi) is 6.14. The van der Waals surface area contributed by atoms with Gasteiger partial charge < -0.3 is 24.7 Å². The molecule has 2 aromatic carbocycles. The van der Waals surface area contributed by atoms with Crippen molar-refractivity contribution in [1.29, 1.82) is 0 Å². The van der Waals surface area contributed by atoms with Crippen LogP contribution in [-0.2, 0) is 6.54 Å². The average molecular weight is 353 g/mol.